The second kappa shape index (κ2) is 7.86. The van der Waals surface area contributed by atoms with Crippen LogP contribution in [-0.2, 0) is 6.18 Å². The number of thiophene rings is 1. The van der Waals surface area contributed by atoms with Crippen LogP contribution in [0, 0.1) is 6.92 Å². The monoisotopic (exact) mass is 434 g/mol. The summed E-state index contributed by atoms with van der Waals surface area (Å²) in [7, 11) is 0. The zero-order chi connectivity index (χ0) is 21.5. The SMILES string of the molecule is Cc1c(C(=O)Nc2ccccc2C(F)(F)F)sc2ncnc(N3CCCC[C@@H]3C)c12. The van der Waals surface area contributed by atoms with E-state index in [-0.39, 0.29) is 5.69 Å². The van der Waals surface area contributed by atoms with E-state index >= 15 is 0 Å². The third kappa shape index (κ3) is 3.74. The quantitative estimate of drug-likeness (QED) is 0.579. The zero-order valence-electron chi connectivity index (χ0n) is 16.6. The number of halogens is 3. The van der Waals surface area contributed by atoms with Gasteiger partial charge in [0.25, 0.3) is 5.91 Å². The van der Waals surface area contributed by atoms with Gasteiger partial charge in [-0.25, -0.2) is 9.97 Å². The van der Waals surface area contributed by atoms with Crippen LogP contribution in [0.3, 0.4) is 0 Å². The Morgan fingerprint density at radius 2 is 2.00 bits per heavy atom. The first kappa shape index (κ1) is 20.6. The largest absolute Gasteiger partial charge is 0.418 e. The average Bonchev–Trinajstić information content (AvgIpc) is 3.05. The Labute approximate surface area is 175 Å². The molecule has 0 unspecified atom stereocenters. The second-order valence-electron chi connectivity index (χ2n) is 7.47. The first-order valence-corrected chi connectivity index (χ1v) is 10.6. The Hall–Kier alpha value is -2.68. The molecule has 30 heavy (non-hydrogen) atoms. The number of anilines is 2. The van der Waals surface area contributed by atoms with Gasteiger partial charge in [0.05, 0.1) is 21.5 Å². The molecule has 0 aliphatic carbocycles. The van der Waals surface area contributed by atoms with Gasteiger partial charge < -0.3 is 10.2 Å². The molecule has 0 radical (unpaired) electrons. The molecule has 1 aliphatic rings. The lowest BCUT2D eigenvalue weighted by Gasteiger charge is -2.34. The number of hydrogen-bond acceptors (Lipinski definition) is 5. The minimum absolute atomic E-state index is 0.261. The molecule has 5 nitrogen and oxygen atoms in total. The van der Waals surface area contributed by atoms with Crippen molar-refractivity contribution in [3.05, 3.63) is 46.6 Å². The molecule has 3 heterocycles. The van der Waals surface area contributed by atoms with Gasteiger partial charge in [-0.3, -0.25) is 4.79 Å². The zero-order valence-corrected chi connectivity index (χ0v) is 17.4. The number of aryl methyl sites for hydroxylation is 1. The van der Waals surface area contributed by atoms with E-state index < -0.39 is 17.6 Å². The van der Waals surface area contributed by atoms with Gasteiger partial charge in [-0.1, -0.05) is 12.1 Å². The maximum Gasteiger partial charge on any atom is 0.418 e. The minimum atomic E-state index is -4.55. The maximum absolute atomic E-state index is 13.3. The summed E-state index contributed by atoms with van der Waals surface area (Å²) in [5.41, 5.74) is -0.451. The van der Waals surface area contributed by atoms with Crippen LogP contribution in [0.25, 0.3) is 10.2 Å². The van der Waals surface area contributed by atoms with Gasteiger partial charge in [-0.2, -0.15) is 13.2 Å². The summed E-state index contributed by atoms with van der Waals surface area (Å²) < 4.78 is 39.8. The summed E-state index contributed by atoms with van der Waals surface area (Å²) >= 11 is 1.17. The van der Waals surface area contributed by atoms with E-state index in [1.807, 2.05) is 0 Å². The van der Waals surface area contributed by atoms with E-state index in [4.69, 9.17) is 0 Å². The number of rotatable bonds is 3. The van der Waals surface area contributed by atoms with Gasteiger partial charge in [0, 0.05) is 12.6 Å². The standard InChI is InChI=1S/C21H21F3N4OS/c1-12-7-5-6-10-28(12)18-16-13(2)17(30-20(16)26-11-25-18)19(29)27-15-9-4-3-8-14(15)21(22,23)24/h3-4,8-9,11-12H,5-7,10H2,1-2H3,(H,27,29)/t12-/m0/s1. The van der Waals surface area contributed by atoms with Crippen molar-refractivity contribution < 1.29 is 18.0 Å². The number of benzene rings is 1. The first-order valence-electron chi connectivity index (χ1n) is 9.75. The third-order valence-electron chi connectivity index (χ3n) is 5.47. The highest BCUT2D eigenvalue weighted by Crippen LogP contribution is 2.38. The maximum atomic E-state index is 13.3. The third-order valence-corrected chi connectivity index (χ3v) is 6.67. The van der Waals surface area contributed by atoms with Crippen molar-refractivity contribution in [2.75, 3.05) is 16.8 Å². The molecule has 1 N–H and O–H groups in total. The molecule has 9 heteroatoms. The molecule has 2 aromatic heterocycles. The van der Waals surface area contributed by atoms with Gasteiger partial charge in [0.2, 0.25) is 0 Å². The lowest BCUT2D eigenvalue weighted by Crippen LogP contribution is -2.38. The highest BCUT2D eigenvalue weighted by molar-refractivity contribution is 7.20. The average molecular weight is 434 g/mol. The van der Waals surface area contributed by atoms with Crippen molar-refractivity contribution in [1.82, 2.24) is 9.97 Å². The molecule has 1 aliphatic heterocycles. The Balaban J connectivity index is 1.72. The molecule has 0 spiro atoms. The van der Waals surface area contributed by atoms with Gasteiger partial charge >= 0.3 is 6.18 Å². The fourth-order valence-electron chi connectivity index (χ4n) is 3.92. The number of amides is 1. The van der Waals surface area contributed by atoms with Crippen molar-refractivity contribution in [3.8, 4) is 0 Å². The molecule has 3 aromatic rings. The summed E-state index contributed by atoms with van der Waals surface area (Å²) in [5.74, 6) is 0.209. The summed E-state index contributed by atoms with van der Waals surface area (Å²) in [6.07, 6.45) is 0.231. The second-order valence-corrected chi connectivity index (χ2v) is 8.47. The van der Waals surface area contributed by atoms with Crippen LogP contribution in [0.4, 0.5) is 24.7 Å². The molecule has 1 fully saturated rings. The molecule has 1 saturated heterocycles. The lowest BCUT2D eigenvalue weighted by atomic mass is 10.0. The van der Waals surface area contributed by atoms with Crippen LogP contribution in [0.5, 0.6) is 0 Å². The molecule has 0 saturated carbocycles. The summed E-state index contributed by atoms with van der Waals surface area (Å²) in [6.45, 7) is 4.82. The molecular weight excluding hydrogens is 413 g/mol. The minimum Gasteiger partial charge on any atom is -0.353 e. The summed E-state index contributed by atoms with van der Waals surface area (Å²) in [6, 6.07) is 5.29. The number of hydrogen-bond donors (Lipinski definition) is 1. The highest BCUT2D eigenvalue weighted by Gasteiger charge is 2.34. The lowest BCUT2D eigenvalue weighted by molar-refractivity contribution is -0.136. The van der Waals surface area contributed by atoms with Crippen LogP contribution >= 0.6 is 11.3 Å². The van der Waals surface area contributed by atoms with Gasteiger partial charge in [-0.15, -0.1) is 11.3 Å². The van der Waals surface area contributed by atoms with Gasteiger partial charge in [0.1, 0.15) is 17.0 Å². The van der Waals surface area contributed by atoms with E-state index in [2.05, 4.69) is 27.1 Å². The predicted molar refractivity (Wildman–Crippen MR) is 112 cm³/mol. The number of carbonyl (C=O) groups is 1. The van der Waals surface area contributed by atoms with Crippen molar-refractivity contribution in [1.29, 1.82) is 0 Å². The van der Waals surface area contributed by atoms with E-state index in [1.54, 1.807) is 6.92 Å². The van der Waals surface area contributed by atoms with Crippen molar-refractivity contribution in [2.24, 2.45) is 0 Å². The number of nitrogens with one attached hydrogen (secondary N) is 1. The summed E-state index contributed by atoms with van der Waals surface area (Å²) in [5, 5.41) is 3.23. The Bertz CT molecular complexity index is 1100. The number of para-hydroxylation sites is 1. The van der Waals surface area contributed by atoms with Crippen LogP contribution in [0.15, 0.2) is 30.6 Å². The molecule has 1 amide bonds. The number of alkyl halides is 3. The van der Waals surface area contributed by atoms with E-state index in [0.29, 0.717) is 21.3 Å². The molecule has 1 aromatic carbocycles. The first-order chi connectivity index (χ1) is 14.3. The van der Waals surface area contributed by atoms with E-state index in [0.717, 1.165) is 36.7 Å². The van der Waals surface area contributed by atoms with Crippen LogP contribution in [0.2, 0.25) is 0 Å². The number of aromatic nitrogens is 2. The van der Waals surface area contributed by atoms with Crippen LogP contribution in [-0.4, -0.2) is 28.5 Å². The fraction of sp³-hybridized carbons (Fsp3) is 0.381. The van der Waals surface area contributed by atoms with Gasteiger partial charge in [-0.05, 0) is 50.8 Å². The smallest absolute Gasteiger partial charge is 0.353 e. The van der Waals surface area contributed by atoms with Crippen molar-refractivity contribution in [3.63, 3.8) is 0 Å². The Kier molecular flexibility index (Phi) is 5.40. The van der Waals surface area contributed by atoms with Crippen LogP contribution in [0.1, 0.15) is 47.0 Å². The number of carbonyl (C=O) groups excluding carboxylic acids is 1. The van der Waals surface area contributed by atoms with E-state index in [9.17, 15) is 18.0 Å². The predicted octanol–water partition coefficient (Wildman–Crippen LogP) is 5.65. The highest BCUT2D eigenvalue weighted by atomic mass is 32.1. The molecule has 4 rings (SSSR count). The van der Waals surface area contributed by atoms with Crippen molar-refractivity contribution in [2.45, 2.75) is 45.3 Å². The van der Waals surface area contributed by atoms with Gasteiger partial charge in [0.15, 0.2) is 0 Å². The summed E-state index contributed by atoms with van der Waals surface area (Å²) in [4.78, 5) is 24.9. The van der Waals surface area contributed by atoms with Crippen LogP contribution < -0.4 is 10.2 Å². The molecular formula is C21H21F3N4OS. The fourth-order valence-corrected chi connectivity index (χ4v) is 4.96. The topological polar surface area (TPSA) is 58.1 Å². The molecule has 0 bridgehead atoms. The molecule has 158 valence electrons. The number of nitrogens with zero attached hydrogens (tertiary/aromatic N) is 3. The Morgan fingerprint density at radius 3 is 2.73 bits per heavy atom. The molecule has 1 atom stereocenters. The Morgan fingerprint density at radius 1 is 1.23 bits per heavy atom. The van der Waals surface area contributed by atoms with Crippen molar-refractivity contribution >= 4 is 39.0 Å². The number of piperidine rings is 1. The number of fused-ring (bicyclic) bond motifs is 1. The normalized spacial score (nSPS) is 17.4. The van der Waals surface area contributed by atoms with E-state index in [1.165, 1.54) is 42.3 Å².